The van der Waals surface area contributed by atoms with E-state index in [0.717, 1.165) is 36.2 Å². The molecule has 1 heterocycles. The molecule has 2 aromatic carbocycles. The van der Waals surface area contributed by atoms with Crippen LogP contribution in [0.5, 0.6) is 0 Å². The summed E-state index contributed by atoms with van der Waals surface area (Å²) in [6.45, 7) is 0.843. The van der Waals surface area contributed by atoms with Crippen LogP contribution in [-0.4, -0.2) is 9.55 Å². The molecule has 0 aliphatic rings. The van der Waals surface area contributed by atoms with Crippen molar-refractivity contribution < 1.29 is 0 Å². The van der Waals surface area contributed by atoms with E-state index in [0.29, 0.717) is 6.42 Å². The fourth-order valence-electron chi connectivity index (χ4n) is 2.60. The van der Waals surface area contributed by atoms with Crippen molar-refractivity contribution in [1.82, 2.24) is 9.55 Å². The molecule has 21 heavy (non-hydrogen) atoms. The van der Waals surface area contributed by atoms with Gasteiger partial charge in [-0.3, -0.25) is 0 Å². The molecule has 0 bridgehead atoms. The van der Waals surface area contributed by atoms with Gasteiger partial charge in [0.2, 0.25) is 0 Å². The Labute approximate surface area is 124 Å². The van der Waals surface area contributed by atoms with Crippen LogP contribution in [0, 0.1) is 11.3 Å². The first-order chi connectivity index (χ1) is 10.4. The molecule has 0 saturated carbocycles. The maximum absolute atomic E-state index is 8.74. The normalized spacial score (nSPS) is 10.6. The summed E-state index contributed by atoms with van der Waals surface area (Å²) in [5.74, 6) is 1.07. The Morgan fingerprint density at radius 3 is 2.57 bits per heavy atom. The van der Waals surface area contributed by atoms with E-state index >= 15 is 0 Å². The van der Waals surface area contributed by atoms with Crippen molar-refractivity contribution in [3.8, 4) is 6.07 Å². The minimum atomic E-state index is 0.581. The minimum absolute atomic E-state index is 0.581. The number of nitriles is 1. The number of para-hydroxylation sites is 2. The molecule has 0 aliphatic heterocycles. The molecule has 3 aromatic rings. The van der Waals surface area contributed by atoms with Crippen LogP contribution < -0.4 is 0 Å². The molecule has 0 radical (unpaired) electrons. The molecule has 0 aliphatic carbocycles. The second-order valence-electron chi connectivity index (χ2n) is 5.09. The van der Waals surface area contributed by atoms with E-state index in [2.05, 4.69) is 41.0 Å². The highest BCUT2D eigenvalue weighted by Crippen LogP contribution is 2.19. The summed E-state index contributed by atoms with van der Waals surface area (Å²) >= 11 is 0. The minimum Gasteiger partial charge on any atom is -0.328 e. The smallest absolute Gasteiger partial charge is 0.114 e. The third-order valence-electron chi connectivity index (χ3n) is 3.61. The average Bonchev–Trinajstić information content (AvgIpc) is 2.86. The number of fused-ring (bicyclic) bond motifs is 1. The van der Waals surface area contributed by atoms with Crippen molar-refractivity contribution in [2.24, 2.45) is 0 Å². The number of aromatic nitrogens is 2. The number of aryl methyl sites for hydroxylation is 1. The lowest BCUT2D eigenvalue weighted by atomic mass is 10.1. The lowest BCUT2D eigenvalue weighted by molar-refractivity contribution is 0.642. The van der Waals surface area contributed by atoms with E-state index in [1.807, 2.05) is 24.3 Å². The SMILES string of the molecule is N#CCCCn1c(Cc2ccccc2)nc2ccccc21. The fraction of sp³-hybridized carbons (Fsp3) is 0.222. The molecule has 104 valence electrons. The molecule has 3 heteroatoms. The third-order valence-corrected chi connectivity index (χ3v) is 3.61. The monoisotopic (exact) mass is 275 g/mol. The van der Waals surface area contributed by atoms with Gasteiger partial charge in [-0.1, -0.05) is 42.5 Å². The topological polar surface area (TPSA) is 41.6 Å². The van der Waals surface area contributed by atoms with Crippen LogP contribution >= 0.6 is 0 Å². The zero-order valence-electron chi connectivity index (χ0n) is 11.9. The Morgan fingerprint density at radius 1 is 1.00 bits per heavy atom. The number of rotatable bonds is 5. The predicted molar refractivity (Wildman–Crippen MR) is 83.8 cm³/mol. The van der Waals surface area contributed by atoms with E-state index in [-0.39, 0.29) is 0 Å². The van der Waals surface area contributed by atoms with Gasteiger partial charge >= 0.3 is 0 Å². The molecule has 0 atom stereocenters. The Bertz CT molecular complexity index is 766. The van der Waals surface area contributed by atoms with E-state index in [1.54, 1.807) is 0 Å². The highest BCUT2D eigenvalue weighted by atomic mass is 15.1. The van der Waals surface area contributed by atoms with Crippen LogP contribution in [0.25, 0.3) is 11.0 Å². The van der Waals surface area contributed by atoms with Crippen LogP contribution in [0.15, 0.2) is 54.6 Å². The van der Waals surface area contributed by atoms with E-state index < -0.39 is 0 Å². The van der Waals surface area contributed by atoms with E-state index in [4.69, 9.17) is 10.2 Å². The second-order valence-corrected chi connectivity index (χ2v) is 5.09. The Kier molecular flexibility index (Phi) is 3.97. The van der Waals surface area contributed by atoms with Crippen molar-refractivity contribution >= 4 is 11.0 Å². The molecular formula is C18H17N3. The van der Waals surface area contributed by atoms with Gasteiger partial charge in [-0.25, -0.2) is 4.98 Å². The zero-order valence-corrected chi connectivity index (χ0v) is 11.9. The first-order valence-corrected chi connectivity index (χ1v) is 7.23. The lowest BCUT2D eigenvalue weighted by Crippen LogP contribution is -2.04. The maximum atomic E-state index is 8.74. The van der Waals surface area contributed by atoms with Gasteiger partial charge in [-0.15, -0.1) is 0 Å². The van der Waals surface area contributed by atoms with Crippen molar-refractivity contribution in [1.29, 1.82) is 5.26 Å². The van der Waals surface area contributed by atoms with Crippen LogP contribution in [0.2, 0.25) is 0 Å². The zero-order chi connectivity index (χ0) is 14.5. The molecule has 0 spiro atoms. The van der Waals surface area contributed by atoms with Gasteiger partial charge in [0.25, 0.3) is 0 Å². The highest BCUT2D eigenvalue weighted by molar-refractivity contribution is 5.76. The molecule has 3 nitrogen and oxygen atoms in total. The molecule has 0 fully saturated rings. The number of hydrogen-bond donors (Lipinski definition) is 0. The van der Waals surface area contributed by atoms with Crippen LogP contribution in [-0.2, 0) is 13.0 Å². The summed E-state index contributed by atoms with van der Waals surface area (Å²) < 4.78 is 2.25. The van der Waals surface area contributed by atoms with Gasteiger partial charge in [0, 0.05) is 19.4 Å². The van der Waals surface area contributed by atoms with Crippen LogP contribution in [0.3, 0.4) is 0 Å². The largest absolute Gasteiger partial charge is 0.328 e. The Balaban J connectivity index is 1.96. The fourth-order valence-corrected chi connectivity index (χ4v) is 2.60. The molecule has 1 aromatic heterocycles. The van der Waals surface area contributed by atoms with Crippen molar-refractivity contribution in [2.75, 3.05) is 0 Å². The van der Waals surface area contributed by atoms with Crippen LogP contribution in [0.4, 0.5) is 0 Å². The molecule has 3 rings (SSSR count). The number of imidazole rings is 1. The standard InChI is InChI=1S/C18H17N3/c19-12-6-7-13-21-17-11-5-4-10-16(17)20-18(21)14-15-8-2-1-3-9-15/h1-5,8-11H,6-7,13-14H2. The third kappa shape index (κ3) is 2.95. The predicted octanol–water partition coefficient (Wildman–Crippen LogP) is 3.93. The second kappa shape index (κ2) is 6.23. The summed E-state index contributed by atoms with van der Waals surface area (Å²) in [5, 5.41) is 8.74. The maximum Gasteiger partial charge on any atom is 0.114 e. The number of unbranched alkanes of at least 4 members (excludes halogenated alkanes) is 1. The van der Waals surface area contributed by atoms with Gasteiger partial charge in [-0.2, -0.15) is 5.26 Å². The number of benzene rings is 2. The summed E-state index contributed by atoms with van der Waals surface area (Å²) in [7, 11) is 0. The molecule has 0 amide bonds. The van der Waals surface area contributed by atoms with Gasteiger partial charge < -0.3 is 4.57 Å². The van der Waals surface area contributed by atoms with Gasteiger partial charge in [0.05, 0.1) is 17.1 Å². The Morgan fingerprint density at radius 2 is 1.76 bits per heavy atom. The number of nitrogens with zero attached hydrogens (tertiary/aromatic N) is 3. The average molecular weight is 275 g/mol. The summed E-state index contributed by atoms with van der Waals surface area (Å²) in [4.78, 5) is 4.77. The number of hydrogen-bond acceptors (Lipinski definition) is 2. The van der Waals surface area contributed by atoms with Gasteiger partial charge in [0.15, 0.2) is 0 Å². The summed E-state index contributed by atoms with van der Waals surface area (Å²) in [6.07, 6.45) is 2.26. The first kappa shape index (κ1) is 13.4. The van der Waals surface area contributed by atoms with Crippen molar-refractivity contribution in [3.05, 3.63) is 66.0 Å². The van der Waals surface area contributed by atoms with E-state index in [1.165, 1.54) is 5.56 Å². The Hall–Kier alpha value is -2.60. The molecule has 0 saturated heterocycles. The quantitative estimate of drug-likeness (QED) is 0.662. The van der Waals surface area contributed by atoms with Gasteiger partial charge in [0.1, 0.15) is 5.82 Å². The van der Waals surface area contributed by atoms with Crippen molar-refractivity contribution in [2.45, 2.75) is 25.8 Å². The van der Waals surface area contributed by atoms with Crippen molar-refractivity contribution in [3.63, 3.8) is 0 Å². The van der Waals surface area contributed by atoms with Gasteiger partial charge in [-0.05, 0) is 24.1 Å². The first-order valence-electron chi connectivity index (χ1n) is 7.23. The molecule has 0 unspecified atom stereocenters. The molecular weight excluding hydrogens is 258 g/mol. The van der Waals surface area contributed by atoms with E-state index in [9.17, 15) is 0 Å². The molecule has 0 N–H and O–H groups in total. The lowest BCUT2D eigenvalue weighted by Gasteiger charge is -2.08. The summed E-state index contributed by atoms with van der Waals surface area (Å²) in [5.41, 5.74) is 3.44. The highest BCUT2D eigenvalue weighted by Gasteiger charge is 2.10. The van der Waals surface area contributed by atoms with Crippen LogP contribution in [0.1, 0.15) is 24.2 Å². The summed E-state index contributed by atoms with van der Waals surface area (Å²) in [6, 6.07) is 20.8.